The second kappa shape index (κ2) is 4.29. The van der Waals surface area contributed by atoms with E-state index in [4.69, 9.17) is 4.74 Å². The Morgan fingerprint density at radius 2 is 2.00 bits per heavy atom. The van der Waals surface area contributed by atoms with Crippen LogP contribution < -0.4 is 10.3 Å². The standard InChI is InChI=1S/C12H11NO4/c1-16-9-4-3-8-5-6-13(12(15)17-2)11(14)10(8)7-9/h3-7H,1-2H3. The second-order valence-corrected chi connectivity index (χ2v) is 3.41. The van der Waals surface area contributed by atoms with Gasteiger partial charge in [-0.15, -0.1) is 0 Å². The third-order valence-corrected chi connectivity index (χ3v) is 2.48. The Balaban J connectivity index is 2.73. The maximum atomic E-state index is 12.0. The van der Waals surface area contributed by atoms with E-state index in [2.05, 4.69) is 4.74 Å². The third kappa shape index (κ3) is 1.87. The van der Waals surface area contributed by atoms with Gasteiger partial charge in [-0.05, 0) is 23.6 Å². The van der Waals surface area contributed by atoms with Crippen molar-refractivity contribution in [1.29, 1.82) is 0 Å². The maximum Gasteiger partial charge on any atom is 0.420 e. The van der Waals surface area contributed by atoms with Gasteiger partial charge in [0.05, 0.1) is 19.6 Å². The summed E-state index contributed by atoms with van der Waals surface area (Å²) in [5, 5.41) is 1.16. The zero-order valence-electron chi connectivity index (χ0n) is 9.47. The molecule has 0 spiro atoms. The fraction of sp³-hybridized carbons (Fsp3) is 0.167. The molecule has 0 saturated heterocycles. The molecule has 17 heavy (non-hydrogen) atoms. The van der Waals surface area contributed by atoms with Crippen LogP contribution in [-0.2, 0) is 4.74 Å². The molecule has 0 amide bonds. The summed E-state index contributed by atoms with van der Waals surface area (Å²) in [6.07, 6.45) is 0.683. The molecule has 0 N–H and O–H groups in total. The minimum Gasteiger partial charge on any atom is -0.497 e. The number of nitrogens with zero attached hydrogens (tertiary/aromatic N) is 1. The zero-order valence-corrected chi connectivity index (χ0v) is 9.47. The van der Waals surface area contributed by atoms with Gasteiger partial charge in [-0.1, -0.05) is 6.07 Å². The number of ether oxygens (including phenoxy) is 2. The van der Waals surface area contributed by atoms with Crippen LogP contribution in [0.25, 0.3) is 10.8 Å². The van der Waals surface area contributed by atoms with Crippen molar-refractivity contribution in [1.82, 2.24) is 4.57 Å². The van der Waals surface area contributed by atoms with Gasteiger partial charge in [0.1, 0.15) is 5.75 Å². The fourth-order valence-electron chi connectivity index (χ4n) is 1.59. The molecule has 5 nitrogen and oxygen atoms in total. The highest BCUT2D eigenvalue weighted by Crippen LogP contribution is 2.17. The monoisotopic (exact) mass is 233 g/mol. The van der Waals surface area contributed by atoms with E-state index in [9.17, 15) is 9.59 Å². The first-order valence-electron chi connectivity index (χ1n) is 4.95. The molecule has 0 aliphatic heterocycles. The van der Waals surface area contributed by atoms with E-state index in [1.165, 1.54) is 20.4 Å². The van der Waals surface area contributed by atoms with E-state index in [1.807, 2.05) is 0 Å². The van der Waals surface area contributed by atoms with Gasteiger partial charge in [-0.3, -0.25) is 4.79 Å². The van der Waals surface area contributed by atoms with Crippen LogP contribution in [-0.4, -0.2) is 24.9 Å². The first-order valence-corrected chi connectivity index (χ1v) is 4.95. The van der Waals surface area contributed by atoms with Crippen LogP contribution in [0.15, 0.2) is 35.3 Å². The van der Waals surface area contributed by atoms with Gasteiger partial charge >= 0.3 is 6.09 Å². The van der Waals surface area contributed by atoms with Gasteiger partial charge in [0, 0.05) is 6.20 Å². The lowest BCUT2D eigenvalue weighted by atomic mass is 10.1. The number of rotatable bonds is 1. The molecule has 1 aromatic heterocycles. The van der Waals surface area contributed by atoms with Crippen molar-refractivity contribution >= 4 is 16.9 Å². The normalized spacial score (nSPS) is 10.2. The summed E-state index contributed by atoms with van der Waals surface area (Å²) in [5.41, 5.74) is -0.423. The molecule has 5 heteroatoms. The molecule has 88 valence electrons. The highest BCUT2D eigenvalue weighted by atomic mass is 16.5. The molecule has 2 aromatic rings. The molecule has 2 rings (SSSR count). The van der Waals surface area contributed by atoms with Crippen molar-refractivity contribution in [2.45, 2.75) is 0 Å². The van der Waals surface area contributed by atoms with Crippen LogP contribution in [0.5, 0.6) is 5.75 Å². The predicted octanol–water partition coefficient (Wildman–Crippen LogP) is 1.62. The van der Waals surface area contributed by atoms with E-state index in [0.29, 0.717) is 11.1 Å². The first-order chi connectivity index (χ1) is 8.17. The SMILES string of the molecule is COC(=O)n1ccc2ccc(OC)cc2c1=O. The fourth-order valence-corrected chi connectivity index (χ4v) is 1.59. The summed E-state index contributed by atoms with van der Waals surface area (Å²) < 4.78 is 10.5. The quantitative estimate of drug-likeness (QED) is 0.751. The maximum absolute atomic E-state index is 12.0. The Morgan fingerprint density at radius 1 is 1.24 bits per heavy atom. The summed E-state index contributed by atoms with van der Waals surface area (Å²) in [4.78, 5) is 23.3. The van der Waals surface area contributed by atoms with E-state index < -0.39 is 11.7 Å². The van der Waals surface area contributed by atoms with Gasteiger partial charge in [0.15, 0.2) is 0 Å². The topological polar surface area (TPSA) is 57.5 Å². The molecular weight excluding hydrogens is 222 g/mol. The molecule has 0 aliphatic rings. The van der Waals surface area contributed by atoms with Crippen LogP contribution >= 0.6 is 0 Å². The third-order valence-electron chi connectivity index (χ3n) is 2.48. The largest absolute Gasteiger partial charge is 0.497 e. The number of aromatic nitrogens is 1. The van der Waals surface area contributed by atoms with E-state index in [1.54, 1.807) is 24.3 Å². The van der Waals surface area contributed by atoms with Crippen LogP contribution in [0.2, 0.25) is 0 Å². The summed E-state index contributed by atoms with van der Waals surface area (Å²) in [5.74, 6) is 0.567. The molecule has 0 saturated carbocycles. The number of hydrogen-bond acceptors (Lipinski definition) is 4. The lowest BCUT2D eigenvalue weighted by Crippen LogP contribution is -2.26. The van der Waals surface area contributed by atoms with Crippen molar-refractivity contribution in [2.24, 2.45) is 0 Å². The smallest absolute Gasteiger partial charge is 0.420 e. The molecule has 1 heterocycles. The highest BCUT2D eigenvalue weighted by Gasteiger charge is 2.09. The highest BCUT2D eigenvalue weighted by molar-refractivity contribution is 5.85. The summed E-state index contributed by atoms with van der Waals surface area (Å²) in [6, 6.07) is 6.78. The number of hydrogen-bond donors (Lipinski definition) is 0. The number of carbonyl (C=O) groups excluding carboxylic acids is 1. The van der Waals surface area contributed by atoms with E-state index in [0.717, 1.165) is 9.95 Å². The Labute approximate surface area is 97.2 Å². The molecule has 1 aromatic carbocycles. The number of pyridine rings is 1. The Morgan fingerprint density at radius 3 is 2.65 bits per heavy atom. The molecule has 0 radical (unpaired) electrons. The van der Waals surface area contributed by atoms with Gasteiger partial charge in [-0.2, -0.15) is 0 Å². The summed E-state index contributed by atoms with van der Waals surface area (Å²) in [7, 11) is 2.74. The Bertz CT molecular complexity index is 630. The molecular formula is C12H11NO4. The molecule has 0 fully saturated rings. The van der Waals surface area contributed by atoms with Crippen molar-refractivity contribution in [3.63, 3.8) is 0 Å². The number of methoxy groups -OCH3 is 2. The van der Waals surface area contributed by atoms with Crippen LogP contribution in [0.1, 0.15) is 0 Å². The molecule has 0 unspecified atom stereocenters. The van der Waals surface area contributed by atoms with Crippen LogP contribution in [0.4, 0.5) is 4.79 Å². The Hall–Kier alpha value is -2.30. The lowest BCUT2D eigenvalue weighted by molar-refractivity contribution is 0.172. The van der Waals surface area contributed by atoms with Crippen LogP contribution in [0.3, 0.4) is 0 Å². The summed E-state index contributed by atoms with van der Waals surface area (Å²) in [6.45, 7) is 0. The molecule has 0 atom stereocenters. The van der Waals surface area contributed by atoms with Crippen LogP contribution in [0, 0.1) is 0 Å². The first kappa shape index (κ1) is 11.2. The van der Waals surface area contributed by atoms with Gasteiger partial charge in [0.25, 0.3) is 5.56 Å². The van der Waals surface area contributed by atoms with Gasteiger partial charge < -0.3 is 9.47 Å². The zero-order chi connectivity index (χ0) is 12.4. The summed E-state index contributed by atoms with van der Waals surface area (Å²) >= 11 is 0. The predicted molar refractivity (Wildman–Crippen MR) is 62.6 cm³/mol. The second-order valence-electron chi connectivity index (χ2n) is 3.41. The Kier molecular flexibility index (Phi) is 2.82. The minimum atomic E-state index is -0.709. The van der Waals surface area contributed by atoms with E-state index in [-0.39, 0.29) is 0 Å². The number of fused-ring (bicyclic) bond motifs is 1. The average molecular weight is 233 g/mol. The van der Waals surface area contributed by atoms with Gasteiger partial charge in [0.2, 0.25) is 0 Å². The number of benzene rings is 1. The minimum absolute atomic E-state index is 0.414. The van der Waals surface area contributed by atoms with Gasteiger partial charge in [-0.25, -0.2) is 9.36 Å². The van der Waals surface area contributed by atoms with E-state index >= 15 is 0 Å². The van der Waals surface area contributed by atoms with Crippen molar-refractivity contribution in [2.75, 3.05) is 14.2 Å². The average Bonchev–Trinajstić information content (AvgIpc) is 2.38. The molecule has 0 aliphatic carbocycles. The van der Waals surface area contributed by atoms with Crippen molar-refractivity contribution in [3.05, 3.63) is 40.8 Å². The van der Waals surface area contributed by atoms with Crippen molar-refractivity contribution < 1.29 is 14.3 Å². The van der Waals surface area contributed by atoms with Crippen molar-refractivity contribution in [3.8, 4) is 5.75 Å². The molecule has 0 bridgehead atoms. The lowest BCUT2D eigenvalue weighted by Gasteiger charge is -2.05. The number of carbonyl (C=O) groups is 1.